The Balaban J connectivity index is 2.13. The zero-order valence-electron chi connectivity index (χ0n) is 12.0. The number of aromatic amines is 1. The zero-order chi connectivity index (χ0) is 15.1. The van der Waals surface area contributed by atoms with E-state index in [4.69, 9.17) is 12.2 Å². The van der Waals surface area contributed by atoms with Crippen molar-refractivity contribution in [3.63, 3.8) is 0 Å². The molecule has 3 aromatic rings. The normalized spacial score (nSPS) is 12.9. The first kappa shape index (κ1) is 14.6. The highest BCUT2D eigenvalue weighted by atomic mass is 32.1. The number of hydrogen-bond acceptors (Lipinski definition) is 5. The second-order valence-corrected chi connectivity index (χ2v) is 7.64. The average molecular weight is 337 g/mol. The van der Waals surface area contributed by atoms with Crippen LogP contribution in [0.4, 0.5) is 0 Å². The molecule has 1 unspecified atom stereocenters. The molecular weight excluding hydrogens is 322 g/mol. The third-order valence-corrected chi connectivity index (χ3v) is 6.09. The van der Waals surface area contributed by atoms with E-state index in [0.29, 0.717) is 11.3 Å². The standard InChI is InChI=1S/C14H15N3OS3/c1-7(11-15-4-5-20-11)6-17-13(18)10-8(2)9(3)21-12(10)16-14(17)19/h4-5,7H,6H2,1-3H3,(H,16,19). The van der Waals surface area contributed by atoms with Crippen molar-refractivity contribution in [2.24, 2.45) is 0 Å². The molecule has 0 saturated carbocycles. The van der Waals surface area contributed by atoms with E-state index in [0.717, 1.165) is 25.7 Å². The maximum atomic E-state index is 12.8. The zero-order valence-corrected chi connectivity index (χ0v) is 14.4. The Bertz CT molecular complexity index is 902. The second kappa shape index (κ2) is 5.47. The minimum atomic E-state index is -0.000920. The molecule has 3 aromatic heterocycles. The molecule has 0 saturated heterocycles. The minimum Gasteiger partial charge on any atom is -0.323 e. The van der Waals surface area contributed by atoms with Crippen LogP contribution in [0.25, 0.3) is 10.2 Å². The summed E-state index contributed by atoms with van der Waals surface area (Å²) in [5, 5.41) is 3.73. The number of H-pyrrole nitrogens is 1. The summed E-state index contributed by atoms with van der Waals surface area (Å²) in [5.74, 6) is 0.162. The van der Waals surface area contributed by atoms with Crippen LogP contribution in [0.15, 0.2) is 16.4 Å². The van der Waals surface area contributed by atoms with Gasteiger partial charge in [-0.25, -0.2) is 4.98 Å². The van der Waals surface area contributed by atoms with Crippen LogP contribution in [0.3, 0.4) is 0 Å². The molecule has 0 aliphatic carbocycles. The highest BCUT2D eigenvalue weighted by molar-refractivity contribution is 7.71. The molecule has 0 bridgehead atoms. The Kier molecular flexibility index (Phi) is 3.81. The van der Waals surface area contributed by atoms with Crippen molar-refractivity contribution < 1.29 is 0 Å². The van der Waals surface area contributed by atoms with Gasteiger partial charge in [-0.15, -0.1) is 22.7 Å². The van der Waals surface area contributed by atoms with Gasteiger partial charge in [0.2, 0.25) is 0 Å². The summed E-state index contributed by atoms with van der Waals surface area (Å²) in [6, 6.07) is 0. The summed E-state index contributed by atoms with van der Waals surface area (Å²) >= 11 is 8.56. The summed E-state index contributed by atoms with van der Waals surface area (Å²) in [6.45, 7) is 6.63. The molecule has 3 heterocycles. The molecule has 7 heteroatoms. The Morgan fingerprint density at radius 3 is 2.90 bits per heavy atom. The Morgan fingerprint density at radius 2 is 2.24 bits per heavy atom. The van der Waals surface area contributed by atoms with Gasteiger partial charge in [-0.2, -0.15) is 0 Å². The van der Waals surface area contributed by atoms with Crippen LogP contribution in [0, 0.1) is 18.6 Å². The van der Waals surface area contributed by atoms with Crippen molar-refractivity contribution in [3.05, 3.63) is 42.1 Å². The Morgan fingerprint density at radius 1 is 1.48 bits per heavy atom. The molecule has 0 spiro atoms. The summed E-state index contributed by atoms with van der Waals surface area (Å²) in [6.07, 6.45) is 1.79. The van der Waals surface area contributed by atoms with Gasteiger partial charge < -0.3 is 4.98 Å². The van der Waals surface area contributed by atoms with Gasteiger partial charge in [-0.05, 0) is 31.6 Å². The van der Waals surface area contributed by atoms with Gasteiger partial charge in [-0.3, -0.25) is 9.36 Å². The number of aryl methyl sites for hydroxylation is 2. The van der Waals surface area contributed by atoms with E-state index in [1.165, 1.54) is 0 Å². The van der Waals surface area contributed by atoms with Gasteiger partial charge >= 0.3 is 0 Å². The average Bonchev–Trinajstić information content (AvgIpc) is 3.04. The summed E-state index contributed by atoms with van der Waals surface area (Å²) in [7, 11) is 0. The van der Waals surface area contributed by atoms with E-state index in [-0.39, 0.29) is 11.5 Å². The van der Waals surface area contributed by atoms with E-state index in [1.54, 1.807) is 33.4 Å². The van der Waals surface area contributed by atoms with Crippen LogP contribution in [0.1, 0.15) is 28.3 Å². The van der Waals surface area contributed by atoms with Gasteiger partial charge in [0.25, 0.3) is 5.56 Å². The molecule has 0 fully saturated rings. The molecule has 0 radical (unpaired) electrons. The largest absolute Gasteiger partial charge is 0.323 e. The third kappa shape index (κ3) is 2.49. The van der Waals surface area contributed by atoms with Crippen LogP contribution >= 0.6 is 34.9 Å². The van der Waals surface area contributed by atoms with Gasteiger partial charge in [-0.1, -0.05) is 6.92 Å². The van der Waals surface area contributed by atoms with E-state index in [9.17, 15) is 4.79 Å². The summed E-state index contributed by atoms with van der Waals surface area (Å²) in [5.41, 5.74) is 1.04. The Labute approximate surface area is 135 Å². The number of rotatable bonds is 3. The Hall–Kier alpha value is -1.31. The molecular formula is C14H15N3OS3. The first-order valence-electron chi connectivity index (χ1n) is 6.61. The van der Waals surface area contributed by atoms with E-state index in [2.05, 4.69) is 16.9 Å². The third-order valence-electron chi connectivity index (χ3n) is 3.64. The van der Waals surface area contributed by atoms with Crippen LogP contribution in [0.2, 0.25) is 0 Å². The lowest BCUT2D eigenvalue weighted by molar-refractivity contribution is 0.568. The van der Waals surface area contributed by atoms with Crippen LogP contribution < -0.4 is 5.56 Å². The number of aromatic nitrogens is 3. The van der Waals surface area contributed by atoms with Crippen molar-refractivity contribution >= 4 is 45.1 Å². The summed E-state index contributed by atoms with van der Waals surface area (Å²) < 4.78 is 2.14. The predicted molar refractivity (Wildman–Crippen MR) is 91.3 cm³/mol. The molecule has 1 N–H and O–H groups in total. The lowest BCUT2D eigenvalue weighted by atomic mass is 10.2. The van der Waals surface area contributed by atoms with Crippen molar-refractivity contribution in [1.29, 1.82) is 0 Å². The van der Waals surface area contributed by atoms with Gasteiger partial charge in [0.15, 0.2) is 4.77 Å². The first-order chi connectivity index (χ1) is 9.99. The van der Waals surface area contributed by atoms with E-state index >= 15 is 0 Å². The number of thiophene rings is 1. The molecule has 110 valence electrons. The van der Waals surface area contributed by atoms with Crippen molar-refractivity contribution in [3.8, 4) is 0 Å². The maximum absolute atomic E-state index is 12.8. The number of thiazole rings is 1. The molecule has 0 aromatic carbocycles. The molecule has 3 rings (SSSR count). The fourth-order valence-corrected chi connectivity index (χ4v) is 4.43. The number of fused-ring (bicyclic) bond motifs is 1. The molecule has 1 atom stereocenters. The highest BCUT2D eigenvalue weighted by Gasteiger charge is 2.16. The summed E-state index contributed by atoms with van der Waals surface area (Å²) in [4.78, 5) is 22.3. The molecule has 0 amide bonds. The van der Waals surface area contributed by atoms with Crippen LogP contribution in [0.5, 0.6) is 0 Å². The maximum Gasteiger partial charge on any atom is 0.263 e. The van der Waals surface area contributed by atoms with Gasteiger partial charge in [0, 0.05) is 28.9 Å². The highest BCUT2D eigenvalue weighted by Crippen LogP contribution is 2.26. The van der Waals surface area contributed by atoms with Crippen molar-refractivity contribution in [2.75, 3.05) is 0 Å². The lowest BCUT2D eigenvalue weighted by Gasteiger charge is -2.11. The monoisotopic (exact) mass is 337 g/mol. The smallest absolute Gasteiger partial charge is 0.263 e. The van der Waals surface area contributed by atoms with Gasteiger partial charge in [0.1, 0.15) is 4.83 Å². The number of nitrogens with zero attached hydrogens (tertiary/aromatic N) is 2. The minimum absolute atomic E-state index is 0.000920. The fourth-order valence-electron chi connectivity index (χ4n) is 2.36. The SMILES string of the molecule is Cc1sc2[nH]c(=S)n(CC(C)c3nccs3)c(=O)c2c1C. The lowest BCUT2D eigenvalue weighted by Crippen LogP contribution is -2.24. The van der Waals surface area contributed by atoms with E-state index in [1.807, 2.05) is 19.2 Å². The predicted octanol–water partition coefficient (Wildman–Crippen LogP) is 4.00. The van der Waals surface area contributed by atoms with E-state index < -0.39 is 0 Å². The fraction of sp³-hybridized carbons (Fsp3) is 0.357. The first-order valence-corrected chi connectivity index (χ1v) is 8.71. The molecule has 21 heavy (non-hydrogen) atoms. The topological polar surface area (TPSA) is 50.7 Å². The number of hydrogen-bond donors (Lipinski definition) is 1. The number of nitrogens with one attached hydrogen (secondary N) is 1. The van der Waals surface area contributed by atoms with Gasteiger partial charge in [0.05, 0.1) is 10.4 Å². The molecule has 0 aliphatic rings. The van der Waals surface area contributed by atoms with Crippen LogP contribution in [-0.2, 0) is 6.54 Å². The van der Waals surface area contributed by atoms with Crippen LogP contribution in [-0.4, -0.2) is 14.5 Å². The second-order valence-electron chi connectivity index (χ2n) is 5.10. The van der Waals surface area contributed by atoms with Crippen molar-refractivity contribution in [2.45, 2.75) is 33.2 Å². The molecule has 0 aliphatic heterocycles. The quantitative estimate of drug-likeness (QED) is 0.735. The molecule has 4 nitrogen and oxygen atoms in total. The van der Waals surface area contributed by atoms with Crippen molar-refractivity contribution in [1.82, 2.24) is 14.5 Å².